The molecule has 10 N–H and O–H groups in total. The molecule has 4 aromatic heterocycles. The maximum Gasteiger partial charge on any atom is 0.220 e. The molecule has 45 nitrogen and oxygen atoms in total. The van der Waals surface area contributed by atoms with E-state index in [0.29, 0.717) is 142 Å². The van der Waals surface area contributed by atoms with Crippen molar-refractivity contribution in [2.45, 2.75) is 187 Å². The average molecular weight is 1780 g/mol. The number of unbranched alkanes of at least 4 members (excludes halogenated alkanes) is 2. The van der Waals surface area contributed by atoms with Gasteiger partial charge in [0.2, 0.25) is 23.6 Å². The predicted octanol–water partition coefficient (Wildman–Crippen LogP) is -4.35. The van der Waals surface area contributed by atoms with Crippen LogP contribution >= 0.6 is 21.6 Å². The molecule has 0 spiro atoms. The zero-order valence-electron chi connectivity index (χ0n) is 69.2. The number of aromatic nitrogens is 10. The predicted molar refractivity (Wildman–Crippen MR) is 422 cm³/mol. The van der Waals surface area contributed by atoms with E-state index in [9.17, 15) is 49.8 Å². The summed E-state index contributed by atoms with van der Waals surface area (Å²) in [6.07, 6.45) is -1.29. The SMILES string of the molecule is CC(=O)N[C@H]1[C@H]2OC[C@@](COCCOCCOCCOCCn3cc(COCC(COCc4cn(CCOCCOCCOCCOC[C@]56CO[C@@H](O5)[C@H](NC(C)=O)[C@@H](O)[C@H]6O)nn4)(COCc4cn(CCOCCOCCOCCOC[C@]56CO[C@@H](O5)[C@H](NC(C)=O)[C@@H](O)[C@H]6O)nn4)NC(=O)CCCCC[S](S)c4ccccn4)nn3)(O2)[C@H](O)[C@@H]1O. The minimum atomic E-state index is -1.34. The third-order valence-electron chi connectivity index (χ3n) is 20.2. The number of nitrogens with one attached hydrogen (secondary N) is 4. The largest absolute Gasteiger partial charge is 0.388 e. The van der Waals surface area contributed by atoms with Crippen LogP contribution in [0.5, 0.6) is 0 Å². The van der Waals surface area contributed by atoms with Crippen LogP contribution in [-0.2, 0) is 158 Å². The fraction of sp³-hybridized carbons (Fsp3) is 0.800. The Hall–Kier alpha value is -5.93. The molecular formula is C75H121N14O31S2. The van der Waals surface area contributed by atoms with Gasteiger partial charge in [0, 0.05) is 33.4 Å². The smallest absolute Gasteiger partial charge is 0.220 e. The summed E-state index contributed by atoms with van der Waals surface area (Å²) in [5.74, 6) is -0.613. The highest BCUT2D eigenvalue weighted by atomic mass is 33.1. The lowest BCUT2D eigenvalue weighted by Gasteiger charge is -2.42. The van der Waals surface area contributed by atoms with Gasteiger partial charge in [0.05, 0.1) is 261 Å². The van der Waals surface area contributed by atoms with Crippen LogP contribution in [-0.4, -0.2) is 404 Å². The quantitative estimate of drug-likeness (QED) is 0.0113. The highest BCUT2D eigenvalue weighted by molar-refractivity contribution is 8.78. The molecule has 6 saturated heterocycles. The first-order chi connectivity index (χ1) is 59.2. The Morgan fingerprint density at radius 2 is 0.770 bits per heavy atom. The number of amides is 4. The second kappa shape index (κ2) is 51.8. The third kappa shape index (κ3) is 31.0. The molecule has 6 bridgehead atoms. The minimum absolute atomic E-state index is 0.00545. The molecule has 15 atom stereocenters. The Labute approximate surface area is 713 Å². The summed E-state index contributed by atoms with van der Waals surface area (Å²) in [5.41, 5.74) is -3.56. The summed E-state index contributed by atoms with van der Waals surface area (Å²) >= 11 is 4.81. The Balaban J connectivity index is 0.643. The number of rotatable bonds is 65. The van der Waals surface area contributed by atoms with Crippen molar-refractivity contribution in [1.29, 1.82) is 0 Å². The second-order valence-corrected chi connectivity index (χ2v) is 32.9. The van der Waals surface area contributed by atoms with E-state index in [1.165, 1.54) is 20.8 Å². The highest BCUT2D eigenvalue weighted by Crippen LogP contribution is 2.42. The maximum atomic E-state index is 14.2. The van der Waals surface area contributed by atoms with Crippen molar-refractivity contribution in [3.8, 4) is 0 Å². The molecule has 4 amide bonds. The molecule has 689 valence electrons. The Kier molecular flexibility index (Phi) is 41.7. The van der Waals surface area contributed by atoms with Gasteiger partial charge in [0.15, 0.2) is 18.9 Å². The minimum Gasteiger partial charge on any atom is -0.388 e. The van der Waals surface area contributed by atoms with Crippen LogP contribution < -0.4 is 21.3 Å². The van der Waals surface area contributed by atoms with Crippen LogP contribution in [0.25, 0.3) is 0 Å². The van der Waals surface area contributed by atoms with Gasteiger partial charge in [-0.2, -0.15) is 0 Å². The molecule has 6 fully saturated rings. The van der Waals surface area contributed by atoms with Crippen LogP contribution in [0.2, 0.25) is 0 Å². The summed E-state index contributed by atoms with van der Waals surface area (Å²) < 4.78 is 127. The van der Waals surface area contributed by atoms with Crippen LogP contribution in [0.3, 0.4) is 0 Å². The second-order valence-electron chi connectivity index (χ2n) is 30.0. The number of thiol groups is 1. The van der Waals surface area contributed by atoms with Crippen molar-refractivity contribution < 1.29 is 149 Å². The number of carbonyl (C=O) groups excluding carboxylic acids is 4. The van der Waals surface area contributed by atoms with Crippen LogP contribution in [0.1, 0.15) is 63.5 Å². The molecule has 122 heavy (non-hydrogen) atoms. The summed E-state index contributed by atoms with van der Waals surface area (Å²) in [5, 5.41) is 102. The van der Waals surface area contributed by atoms with Crippen molar-refractivity contribution in [2.24, 2.45) is 0 Å². The van der Waals surface area contributed by atoms with E-state index >= 15 is 0 Å². The molecule has 0 saturated carbocycles. The summed E-state index contributed by atoms with van der Waals surface area (Å²) in [7, 11) is -0.351. The van der Waals surface area contributed by atoms with E-state index in [4.69, 9.17) is 111 Å². The van der Waals surface area contributed by atoms with Gasteiger partial charge in [-0.3, -0.25) is 19.2 Å². The van der Waals surface area contributed by atoms with Crippen LogP contribution in [0.15, 0.2) is 48.0 Å². The molecule has 4 aromatic rings. The van der Waals surface area contributed by atoms with E-state index < -0.39 is 96.0 Å². The highest BCUT2D eigenvalue weighted by Gasteiger charge is 2.62. The number of ether oxygens (including phenoxy) is 21. The van der Waals surface area contributed by atoms with Gasteiger partial charge in [0.1, 0.15) is 94.2 Å². The molecule has 0 unspecified atom stereocenters. The van der Waals surface area contributed by atoms with Crippen molar-refractivity contribution in [3.63, 3.8) is 0 Å². The first kappa shape index (κ1) is 98.3. The molecule has 10 rings (SSSR count). The average Bonchev–Trinajstić information content (AvgIpc) is 1.61. The first-order valence-corrected chi connectivity index (χ1v) is 43.3. The van der Waals surface area contributed by atoms with Gasteiger partial charge in [-0.15, -0.1) is 36.9 Å². The zero-order valence-corrected chi connectivity index (χ0v) is 70.9. The molecule has 6 aliphatic rings. The van der Waals surface area contributed by atoms with E-state index in [0.717, 1.165) is 23.6 Å². The lowest BCUT2D eigenvalue weighted by Crippen LogP contribution is -2.66. The number of nitrogens with zero attached hydrogens (tertiary/aromatic N) is 10. The van der Waals surface area contributed by atoms with Gasteiger partial charge in [-0.05, 0) is 30.7 Å². The number of fused-ring (bicyclic) bond motifs is 6. The molecular weight excluding hydrogens is 1660 g/mol. The Morgan fingerprint density at radius 3 is 1.08 bits per heavy atom. The summed E-state index contributed by atoms with van der Waals surface area (Å²) in [6, 6.07) is 3.04. The van der Waals surface area contributed by atoms with E-state index in [-0.39, 0.29) is 159 Å². The van der Waals surface area contributed by atoms with Crippen LogP contribution in [0, 0.1) is 0 Å². The van der Waals surface area contributed by atoms with Crippen molar-refractivity contribution in [2.75, 3.05) is 204 Å². The molecule has 47 heteroatoms. The van der Waals surface area contributed by atoms with Gasteiger partial charge in [0.25, 0.3) is 0 Å². The topological polar surface area (TPSA) is 537 Å². The van der Waals surface area contributed by atoms with Crippen molar-refractivity contribution in [1.82, 2.24) is 71.2 Å². The summed E-state index contributed by atoms with van der Waals surface area (Å²) in [6.45, 7) is 10.4. The lowest BCUT2D eigenvalue weighted by molar-refractivity contribution is -0.238. The van der Waals surface area contributed by atoms with Crippen molar-refractivity contribution in [3.05, 3.63) is 60.1 Å². The molecule has 0 aliphatic carbocycles. The number of aliphatic hydroxyl groups is 6. The fourth-order valence-corrected chi connectivity index (χ4v) is 15.7. The van der Waals surface area contributed by atoms with Crippen LogP contribution in [0.4, 0.5) is 0 Å². The van der Waals surface area contributed by atoms with E-state index in [1.807, 2.05) is 18.2 Å². The number of carbonyl (C=O) groups is 4. The number of pyridine rings is 1. The van der Waals surface area contributed by atoms with E-state index in [2.05, 4.69) is 57.2 Å². The molecule has 6 aliphatic heterocycles. The number of hydrogen-bond acceptors (Lipinski definition) is 39. The summed E-state index contributed by atoms with van der Waals surface area (Å²) in [4.78, 5) is 53.4. The van der Waals surface area contributed by atoms with Gasteiger partial charge < -0.3 is 151 Å². The first-order valence-electron chi connectivity index (χ1n) is 40.9. The molecule has 10 heterocycles. The number of hydrogen-bond donors (Lipinski definition) is 11. The monoisotopic (exact) mass is 1780 g/mol. The normalized spacial score (nSPS) is 26.1. The maximum absolute atomic E-state index is 14.2. The van der Waals surface area contributed by atoms with Gasteiger partial charge >= 0.3 is 0 Å². The Morgan fingerprint density at radius 1 is 0.451 bits per heavy atom. The van der Waals surface area contributed by atoms with E-state index in [1.54, 1.807) is 38.8 Å². The molecule has 0 aromatic carbocycles. The number of aliphatic hydroxyl groups excluding tert-OH is 6. The standard InChI is InChI=1S/C75H121N14O31S2/c1-52(90)77-60-63(94)66(97)73(49-115-69(60)118-73)46-109-33-30-106-27-24-103-21-18-100-15-12-87-37-55(81-84-87)40-112-43-72(80-58(93)9-5-4-8-36-122(121)59-10-6-7-11-76-59,44-113-41-56-38-88(85-82-56)13-16-101-19-22-104-25-28-107-31-34-110-47-74-50-116-70(119-74)61(78-53(2)91)64(95)67(74)98)45-114-42-57-39-89(86-83-57)14-17-102-20-23-105-26-29-108-32-35-111-48-75-51-117-71(120-75)62(79-54(3)92)65(96)68(75)99/h6-7,10-11,37-39,60-71,94-99,121H,4-5,8-9,12-36,40-51H2,1-3H3,(H,77,90)(H,78,91)(H,79,92)(H,80,93)/t60-,61-,62-,63-,64-,65-,66-,67-,68-,69+,70+,71+,73-,74-,75-/m1/s1. The third-order valence-corrected chi connectivity index (χ3v) is 22.7. The fourth-order valence-electron chi connectivity index (χ4n) is 13.9. The molecule has 1 radical (unpaired) electrons. The van der Waals surface area contributed by atoms with Gasteiger partial charge in [-0.25, -0.2) is 19.0 Å². The van der Waals surface area contributed by atoms with Gasteiger partial charge in [-0.1, -0.05) is 28.1 Å². The zero-order chi connectivity index (χ0) is 86.4. The Bertz CT molecular complexity index is 3370. The lowest BCUT2D eigenvalue weighted by atomic mass is 9.88. The van der Waals surface area contributed by atoms with Crippen molar-refractivity contribution >= 4 is 45.2 Å².